The molecule has 2 aromatic carbocycles. The maximum absolute atomic E-state index is 11.3. The molecule has 0 aliphatic heterocycles. The molecular formula is C20H23N3O2S. The quantitative estimate of drug-likeness (QED) is 0.620. The van der Waals surface area contributed by atoms with Crippen LogP contribution in [0.25, 0.3) is 11.3 Å². The minimum absolute atomic E-state index is 0.131. The number of rotatable bonds is 8. The fourth-order valence-corrected chi connectivity index (χ4v) is 3.28. The van der Waals surface area contributed by atoms with Crippen molar-refractivity contribution in [2.24, 2.45) is 0 Å². The Morgan fingerprint density at radius 3 is 2.31 bits per heavy atom. The molecule has 0 saturated heterocycles. The van der Waals surface area contributed by atoms with Crippen molar-refractivity contribution in [1.29, 1.82) is 0 Å². The maximum Gasteiger partial charge on any atom is 0.148 e. The molecule has 3 rings (SSSR count). The van der Waals surface area contributed by atoms with Gasteiger partial charge in [-0.15, -0.1) is 0 Å². The van der Waals surface area contributed by atoms with Crippen molar-refractivity contribution in [1.82, 2.24) is 15.1 Å². The van der Waals surface area contributed by atoms with Gasteiger partial charge in [0.1, 0.15) is 9.84 Å². The van der Waals surface area contributed by atoms with Crippen molar-refractivity contribution in [2.75, 3.05) is 18.6 Å². The average molecular weight is 369 g/mol. The van der Waals surface area contributed by atoms with Gasteiger partial charge in [0.25, 0.3) is 0 Å². The summed E-state index contributed by atoms with van der Waals surface area (Å²) >= 11 is 0. The van der Waals surface area contributed by atoms with Crippen LogP contribution in [-0.4, -0.2) is 36.8 Å². The molecule has 6 heteroatoms. The lowest BCUT2D eigenvalue weighted by molar-refractivity contribution is 0.596. The van der Waals surface area contributed by atoms with Crippen LogP contribution >= 0.6 is 0 Å². The largest absolute Gasteiger partial charge is 0.312 e. The van der Waals surface area contributed by atoms with E-state index in [4.69, 9.17) is 5.10 Å². The first-order valence-electron chi connectivity index (χ1n) is 8.55. The number of nitrogens with one attached hydrogen (secondary N) is 1. The maximum atomic E-state index is 11.3. The van der Waals surface area contributed by atoms with Gasteiger partial charge in [0.05, 0.1) is 18.0 Å². The zero-order valence-electron chi connectivity index (χ0n) is 14.8. The third kappa shape index (κ3) is 5.28. The Labute approximate surface area is 154 Å². The number of nitrogens with zero attached hydrogens (tertiary/aromatic N) is 2. The number of sulfone groups is 1. The molecule has 0 bridgehead atoms. The molecular weight excluding hydrogens is 346 g/mol. The van der Waals surface area contributed by atoms with Crippen LogP contribution < -0.4 is 5.32 Å². The molecule has 0 spiro atoms. The van der Waals surface area contributed by atoms with Gasteiger partial charge in [-0.1, -0.05) is 60.7 Å². The van der Waals surface area contributed by atoms with Crippen LogP contribution in [0.3, 0.4) is 0 Å². The van der Waals surface area contributed by atoms with Gasteiger partial charge in [0.15, 0.2) is 0 Å². The monoisotopic (exact) mass is 369 g/mol. The molecule has 0 fully saturated rings. The van der Waals surface area contributed by atoms with Gasteiger partial charge >= 0.3 is 0 Å². The SMILES string of the molecule is CS(=O)(=O)CCNCc1cn(Cc2ccccc2)nc1-c1ccccc1. The zero-order valence-corrected chi connectivity index (χ0v) is 15.6. The molecule has 0 aliphatic carbocycles. The fourth-order valence-electron chi connectivity index (χ4n) is 2.76. The highest BCUT2D eigenvalue weighted by Gasteiger charge is 2.11. The summed E-state index contributed by atoms with van der Waals surface area (Å²) in [7, 11) is -2.96. The molecule has 0 amide bonds. The van der Waals surface area contributed by atoms with Gasteiger partial charge in [-0.05, 0) is 5.56 Å². The van der Waals surface area contributed by atoms with Crippen LogP contribution in [0.4, 0.5) is 0 Å². The van der Waals surface area contributed by atoms with Gasteiger partial charge in [-0.3, -0.25) is 4.68 Å². The third-order valence-corrected chi connectivity index (χ3v) is 4.98. The molecule has 3 aromatic rings. The lowest BCUT2D eigenvalue weighted by atomic mass is 10.1. The van der Waals surface area contributed by atoms with E-state index in [0.717, 1.165) is 16.8 Å². The first-order valence-corrected chi connectivity index (χ1v) is 10.6. The van der Waals surface area contributed by atoms with Crippen LogP contribution in [0.5, 0.6) is 0 Å². The van der Waals surface area contributed by atoms with Crippen molar-refractivity contribution in [3.8, 4) is 11.3 Å². The van der Waals surface area contributed by atoms with Gasteiger partial charge in [0.2, 0.25) is 0 Å². The Morgan fingerprint density at radius 2 is 1.65 bits per heavy atom. The molecule has 1 N–H and O–H groups in total. The lowest BCUT2D eigenvalue weighted by Gasteiger charge is -2.04. The summed E-state index contributed by atoms with van der Waals surface area (Å²) in [6, 6.07) is 20.2. The summed E-state index contributed by atoms with van der Waals surface area (Å²) in [4.78, 5) is 0. The van der Waals surface area contributed by atoms with Crippen LogP contribution in [-0.2, 0) is 22.9 Å². The van der Waals surface area contributed by atoms with Crippen LogP contribution in [0.1, 0.15) is 11.1 Å². The highest BCUT2D eigenvalue weighted by Crippen LogP contribution is 2.22. The summed E-state index contributed by atoms with van der Waals surface area (Å²) in [5, 5.41) is 7.97. The van der Waals surface area contributed by atoms with Crippen LogP contribution in [0.15, 0.2) is 66.9 Å². The molecule has 0 unspecified atom stereocenters. The van der Waals surface area contributed by atoms with Crippen molar-refractivity contribution in [2.45, 2.75) is 13.1 Å². The standard InChI is InChI=1S/C20H23N3O2S/c1-26(24,25)13-12-21-14-19-16-23(15-17-8-4-2-5-9-17)22-20(19)18-10-6-3-7-11-18/h2-11,16,21H,12-15H2,1H3. The Morgan fingerprint density at radius 1 is 1.00 bits per heavy atom. The summed E-state index contributed by atoms with van der Waals surface area (Å²) in [6.07, 6.45) is 3.28. The molecule has 0 saturated carbocycles. The number of benzene rings is 2. The number of hydrogen-bond acceptors (Lipinski definition) is 4. The molecule has 1 heterocycles. The molecule has 0 atom stereocenters. The Hall–Kier alpha value is -2.44. The zero-order chi connectivity index (χ0) is 18.4. The van der Waals surface area contributed by atoms with Crippen molar-refractivity contribution in [3.05, 3.63) is 78.0 Å². The summed E-state index contributed by atoms with van der Waals surface area (Å²) in [5.74, 6) is 0.131. The van der Waals surface area contributed by atoms with E-state index in [1.54, 1.807) is 0 Å². The van der Waals surface area contributed by atoms with E-state index in [9.17, 15) is 8.42 Å². The predicted octanol–water partition coefficient (Wildman–Crippen LogP) is 2.73. The molecule has 5 nitrogen and oxygen atoms in total. The van der Waals surface area contributed by atoms with Crippen molar-refractivity contribution < 1.29 is 8.42 Å². The third-order valence-electron chi connectivity index (χ3n) is 4.04. The van der Waals surface area contributed by atoms with Crippen LogP contribution in [0.2, 0.25) is 0 Å². The first-order chi connectivity index (χ1) is 12.5. The minimum Gasteiger partial charge on any atom is -0.312 e. The smallest absolute Gasteiger partial charge is 0.148 e. The second kappa shape index (κ2) is 8.29. The van der Waals surface area contributed by atoms with Crippen molar-refractivity contribution in [3.63, 3.8) is 0 Å². The molecule has 136 valence electrons. The van der Waals surface area contributed by atoms with Crippen LogP contribution in [0, 0.1) is 0 Å². The molecule has 0 aliphatic rings. The van der Waals surface area contributed by atoms with E-state index in [-0.39, 0.29) is 5.75 Å². The second-order valence-corrected chi connectivity index (χ2v) is 8.62. The summed E-state index contributed by atoms with van der Waals surface area (Å²) < 4.78 is 24.5. The molecule has 26 heavy (non-hydrogen) atoms. The Balaban J connectivity index is 1.79. The van der Waals surface area contributed by atoms with E-state index in [1.165, 1.54) is 11.8 Å². The van der Waals surface area contributed by atoms with E-state index < -0.39 is 9.84 Å². The predicted molar refractivity (Wildman–Crippen MR) is 105 cm³/mol. The highest BCUT2D eigenvalue weighted by molar-refractivity contribution is 7.90. The second-order valence-electron chi connectivity index (χ2n) is 6.36. The Kier molecular flexibility index (Phi) is 5.85. The molecule has 1 aromatic heterocycles. The van der Waals surface area contributed by atoms with Crippen molar-refractivity contribution >= 4 is 9.84 Å². The number of hydrogen-bond donors (Lipinski definition) is 1. The lowest BCUT2D eigenvalue weighted by Crippen LogP contribution is -2.22. The average Bonchev–Trinajstić information content (AvgIpc) is 3.02. The summed E-state index contributed by atoms with van der Waals surface area (Å²) in [6.45, 7) is 1.70. The normalized spacial score (nSPS) is 11.6. The minimum atomic E-state index is -2.96. The number of aromatic nitrogens is 2. The topological polar surface area (TPSA) is 64.0 Å². The molecule has 0 radical (unpaired) electrons. The summed E-state index contributed by atoms with van der Waals surface area (Å²) in [5.41, 5.74) is 4.22. The van der Waals surface area contributed by atoms with E-state index >= 15 is 0 Å². The van der Waals surface area contributed by atoms with E-state index in [2.05, 4.69) is 17.4 Å². The van der Waals surface area contributed by atoms with Gasteiger partial charge in [0, 0.05) is 36.7 Å². The van der Waals surface area contributed by atoms with Gasteiger partial charge < -0.3 is 5.32 Å². The Bertz CT molecular complexity index is 936. The van der Waals surface area contributed by atoms with E-state index in [0.29, 0.717) is 19.6 Å². The first kappa shape index (κ1) is 18.4. The highest BCUT2D eigenvalue weighted by atomic mass is 32.2. The van der Waals surface area contributed by atoms with Gasteiger partial charge in [-0.25, -0.2) is 8.42 Å². The fraction of sp³-hybridized carbons (Fsp3) is 0.250. The van der Waals surface area contributed by atoms with E-state index in [1.807, 2.05) is 59.4 Å². The van der Waals surface area contributed by atoms with Gasteiger partial charge in [-0.2, -0.15) is 5.10 Å².